The lowest BCUT2D eigenvalue weighted by atomic mass is 9.85. The number of halogens is 1. The lowest BCUT2D eigenvalue weighted by Crippen LogP contribution is -2.19. The predicted octanol–water partition coefficient (Wildman–Crippen LogP) is 4.73. The third-order valence-corrected chi connectivity index (χ3v) is 7.81. The molecule has 4 rings (SSSR count). The van der Waals surface area contributed by atoms with Gasteiger partial charge in [-0.25, -0.2) is 12.8 Å². The highest BCUT2D eigenvalue weighted by Gasteiger charge is 2.48. The minimum absolute atomic E-state index is 0.0373. The van der Waals surface area contributed by atoms with Crippen LogP contribution in [0.2, 0.25) is 0 Å². The van der Waals surface area contributed by atoms with Crippen molar-refractivity contribution in [2.45, 2.75) is 35.3 Å². The highest BCUT2D eigenvalue weighted by atomic mass is 32.2. The highest BCUT2D eigenvalue weighted by Crippen LogP contribution is 2.59. The van der Waals surface area contributed by atoms with Gasteiger partial charge < -0.3 is 0 Å². The van der Waals surface area contributed by atoms with E-state index in [1.54, 1.807) is 36.4 Å². The molecule has 1 fully saturated rings. The number of hydrogen-bond donors (Lipinski definition) is 0. The van der Waals surface area contributed by atoms with Crippen LogP contribution in [0, 0.1) is 5.82 Å². The van der Waals surface area contributed by atoms with E-state index in [0.29, 0.717) is 11.1 Å². The van der Waals surface area contributed by atoms with Crippen LogP contribution in [0.25, 0.3) is 11.1 Å². The second-order valence-corrected chi connectivity index (χ2v) is 10.5. The molecule has 2 aromatic rings. The van der Waals surface area contributed by atoms with Crippen LogP contribution in [0.15, 0.2) is 53.4 Å². The Hall–Kier alpha value is -1.92. The van der Waals surface area contributed by atoms with Crippen molar-refractivity contribution in [1.29, 1.82) is 0 Å². The molecule has 1 saturated carbocycles. The maximum absolute atomic E-state index is 13.8. The van der Waals surface area contributed by atoms with Crippen LogP contribution in [0.4, 0.5) is 4.39 Å². The second kappa shape index (κ2) is 6.60. The minimum atomic E-state index is -3.29. The van der Waals surface area contributed by atoms with Crippen molar-refractivity contribution in [2.24, 2.45) is 0 Å². The molecule has 0 amide bonds. The van der Waals surface area contributed by atoms with Gasteiger partial charge in [-0.2, -0.15) is 0 Å². The van der Waals surface area contributed by atoms with Gasteiger partial charge in [-0.1, -0.05) is 48.9 Å². The number of carbonyl (C=O) groups is 1. The van der Waals surface area contributed by atoms with E-state index in [4.69, 9.17) is 0 Å². The maximum Gasteiger partial charge on any atom is 0.221 e. The lowest BCUT2D eigenvalue weighted by Gasteiger charge is -2.26. The first-order valence-corrected chi connectivity index (χ1v) is 11.6. The molecule has 0 unspecified atom stereocenters. The van der Waals surface area contributed by atoms with E-state index in [0.717, 1.165) is 36.8 Å². The summed E-state index contributed by atoms with van der Waals surface area (Å²) < 4.78 is 37.1. The van der Waals surface area contributed by atoms with Gasteiger partial charge in [0.15, 0.2) is 9.84 Å². The van der Waals surface area contributed by atoms with Crippen molar-refractivity contribution in [2.75, 3.05) is 6.26 Å². The summed E-state index contributed by atoms with van der Waals surface area (Å²) in [5.74, 6) is -0.378. The number of thioether (sulfide) groups is 1. The third kappa shape index (κ3) is 3.25. The van der Waals surface area contributed by atoms with Gasteiger partial charge in [0, 0.05) is 11.8 Å². The molecular formula is C21H19FO3S2. The SMILES string of the molecule is CS(=O)(=O)c1ccc(C2=C(c3cccc(F)c3)C(=O)SC23CCCC3)cc1. The first-order valence-electron chi connectivity index (χ1n) is 8.85. The van der Waals surface area contributed by atoms with Crippen LogP contribution in [-0.4, -0.2) is 24.5 Å². The van der Waals surface area contributed by atoms with Crippen LogP contribution in [-0.2, 0) is 14.6 Å². The average Bonchev–Trinajstić information content (AvgIpc) is 3.19. The van der Waals surface area contributed by atoms with Crippen LogP contribution < -0.4 is 0 Å². The monoisotopic (exact) mass is 402 g/mol. The third-order valence-electron chi connectivity index (χ3n) is 5.29. The van der Waals surface area contributed by atoms with E-state index in [1.807, 2.05) is 0 Å². The molecule has 140 valence electrons. The minimum Gasteiger partial charge on any atom is -0.282 e. The van der Waals surface area contributed by atoms with Gasteiger partial charge in [-0.05, 0) is 53.8 Å². The second-order valence-electron chi connectivity index (χ2n) is 7.15. The Balaban J connectivity index is 1.93. The summed E-state index contributed by atoms with van der Waals surface area (Å²) in [6.45, 7) is 0. The fraction of sp³-hybridized carbons (Fsp3) is 0.286. The summed E-state index contributed by atoms with van der Waals surface area (Å²) in [6, 6.07) is 12.8. The van der Waals surface area contributed by atoms with Crippen molar-refractivity contribution in [1.82, 2.24) is 0 Å². The molecule has 2 aromatic carbocycles. The van der Waals surface area contributed by atoms with E-state index in [-0.39, 0.29) is 20.6 Å². The van der Waals surface area contributed by atoms with E-state index in [9.17, 15) is 17.6 Å². The summed E-state index contributed by atoms with van der Waals surface area (Å²) in [5.41, 5.74) is 2.88. The summed E-state index contributed by atoms with van der Waals surface area (Å²) in [6.07, 6.45) is 5.05. The Morgan fingerprint density at radius 1 is 1.00 bits per heavy atom. The zero-order chi connectivity index (χ0) is 19.2. The molecule has 1 spiro atoms. The zero-order valence-electron chi connectivity index (χ0n) is 14.9. The van der Waals surface area contributed by atoms with E-state index in [2.05, 4.69) is 0 Å². The predicted molar refractivity (Wildman–Crippen MR) is 107 cm³/mol. The van der Waals surface area contributed by atoms with Gasteiger partial charge in [-0.15, -0.1) is 0 Å². The van der Waals surface area contributed by atoms with E-state index in [1.165, 1.54) is 30.2 Å². The lowest BCUT2D eigenvalue weighted by molar-refractivity contribution is -0.106. The molecule has 1 aliphatic heterocycles. The molecule has 2 aliphatic rings. The van der Waals surface area contributed by atoms with Crippen LogP contribution in [0.1, 0.15) is 36.8 Å². The fourth-order valence-electron chi connectivity index (χ4n) is 4.09. The topological polar surface area (TPSA) is 51.2 Å². The normalized spacial score (nSPS) is 19.3. The summed E-state index contributed by atoms with van der Waals surface area (Å²) in [4.78, 5) is 13.2. The van der Waals surface area contributed by atoms with Crippen LogP contribution in [0.3, 0.4) is 0 Å². The zero-order valence-corrected chi connectivity index (χ0v) is 16.5. The Morgan fingerprint density at radius 2 is 1.67 bits per heavy atom. The molecule has 3 nitrogen and oxygen atoms in total. The Bertz CT molecular complexity index is 1050. The van der Waals surface area contributed by atoms with E-state index < -0.39 is 9.84 Å². The molecule has 0 radical (unpaired) electrons. The molecule has 0 saturated heterocycles. The van der Waals surface area contributed by atoms with Crippen molar-refractivity contribution in [3.63, 3.8) is 0 Å². The Morgan fingerprint density at radius 3 is 2.26 bits per heavy atom. The molecule has 1 heterocycles. The van der Waals surface area contributed by atoms with Crippen LogP contribution >= 0.6 is 11.8 Å². The summed E-state index contributed by atoms with van der Waals surface area (Å²) in [7, 11) is -3.29. The van der Waals surface area contributed by atoms with Gasteiger partial charge in [0.2, 0.25) is 5.12 Å². The number of rotatable bonds is 3. The standard InChI is InChI=1S/C21H19FO3S2/c1-27(24,25)17-9-7-14(8-10-17)19-18(15-5-4-6-16(22)13-15)20(23)26-21(19)11-2-3-12-21/h4-10,13H,2-3,11-12H2,1H3. The van der Waals surface area contributed by atoms with Gasteiger partial charge >= 0.3 is 0 Å². The Labute approximate surface area is 162 Å². The van der Waals surface area contributed by atoms with E-state index >= 15 is 0 Å². The number of benzene rings is 2. The number of hydrogen-bond acceptors (Lipinski definition) is 4. The van der Waals surface area contributed by atoms with Crippen molar-refractivity contribution in [3.05, 3.63) is 65.5 Å². The van der Waals surface area contributed by atoms with Crippen LogP contribution in [0.5, 0.6) is 0 Å². The smallest absolute Gasteiger partial charge is 0.221 e. The number of carbonyl (C=O) groups excluding carboxylic acids is 1. The largest absolute Gasteiger partial charge is 0.282 e. The highest BCUT2D eigenvalue weighted by molar-refractivity contribution is 8.17. The van der Waals surface area contributed by atoms with Gasteiger partial charge in [0.1, 0.15) is 5.82 Å². The van der Waals surface area contributed by atoms with Gasteiger partial charge in [0.25, 0.3) is 0 Å². The molecular weight excluding hydrogens is 383 g/mol. The van der Waals surface area contributed by atoms with Crippen molar-refractivity contribution < 1.29 is 17.6 Å². The molecule has 6 heteroatoms. The summed E-state index contributed by atoms with van der Waals surface area (Å²) >= 11 is 1.34. The van der Waals surface area contributed by atoms with Crippen molar-refractivity contribution in [3.8, 4) is 0 Å². The van der Waals surface area contributed by atoms with Gasteiger partial charge in [-0.3, -0.25) is 4.79 Å². The number of sulfone groups is 1. The quantitative estimate of drug-likeness (QED) is 0.745. The molecule has 0 atom stereocenters. The summed E-state index contributed by atoms with van der Waals surface area (Å²) in [5, 5.41) is -0.0373. The molecule has 0 bridgehead atoms. The molecule has 0 N–H and O–H groups in total. The first-order chi connectivity index (χ1) is 12.8. The van der Waals surface area contributed by atoms with Gasteiger partial charge in [0.05, 0.1) is 9.64 Å². The fourth-order valence-corrected chi connectivity index (χ4v) is 6.21. The van der Waals surface area contributed by atoms with Crippen molar-refractivity contribution >= 4 is 37.9 Å². The Kier molecular flexibility index (Phi) is 4.51. The average molecular weight is 403 g/mol. The molecule has 27 heavy (non-hydrogen) atoms. The first kappa shape index (κ1) is 18.4. The molecule has 0 aromatic heterocycles. The molecule has 1 aliphatic carbocycles. The maximum atomic E-state index is 13.8.